The van der Waals surface area contributed by atoms with Crippen LogP contribution in [0.5, 0.6) is 11.5 Å². The first kappa shape index (κ1) is 23.9. The average molecular weight is 403 g/mol. The Morgan fingerprint density at radius 3 is 1.54 bits per heavy atom. The molecule has 28 heavy (non-hydrogen) atoms. The lowest BCUT2D eigenvalue weighted by Crippen LogP contribution is -2.50. The number of nitrogens with two attached hydrogens (primary N) is 2. The highest BCUT2D eigenvalue weighted by molar-refractivity contribution is 6.78. The lowest BCUT2D eigenvalue weighted by atomic mass is 10.2. The molecule has 5 N–H and O–H groups in total. The summed E-state index contributed by atoms with van der Waals surface area (Å²) in [6.07, 6.45) is 0. The molecule has 0 heterocycles. The van der Waals surface area contributed by atoms with Crippen molar-refractivity contribution in [2.75, 3.05) is 11.5 Å². The van der Waals surface area contributed by atoms with Crippen LogP contribution in [0.1, 0.15) is 52.7 Å². The normalized spacial score (nSPS) is 11.5. The van der Waals surface area contributed by atoms with Gasteiger partial charge in [0.15, 0.2) is 0 Å². The summed E-state index contributed by atoms with van der Waals surface area (Å²) < 4.78 is 6.61. The summed E-state index contributed by atoms with van der Waals surface area (Å²) in [5.41, 5.74) is 16.7. The van der Waals surface area contributed by atoms with Gasteiger partial charge in [-0.25, -0.2) is 0 Å². The molecule has 156 valence electrons. The van der Waals surface area contributed by atoms with Crippen LogP contribution in [-0.2, 0) is 0 Å². The molecule has 0 saturated heterocycles. The Hall–Kier alpha value is -2.14. The predicted octanol–water partition coefficient (Wildman–Crippen LogP) is 6.41. The van der Waals surface area contributed by atoms with E-state index in [9.17, 15) is 0 Å². The van der Waals surface area contributed by atoms with E-state index in [1.807, 2.05) is 26.0 Å². The Morgan fingerprint density at radius 2 is 1.18 bits per heavy atom. The minimum Gasteiger partial charge on any atom is -0.543 e. The number of aromatic hydroxyl groups is 1. The van der Waals surface area contributed by atoms with E-state index >= 15 is 0 Å². The second kappa shape index (κ2) is 9.87. The van der Waals surface area contributed by atoms with Gasteiger partial charge in [0.1, 0.15) is 11.5 Å². The van der Waals surface area contributed by atoms with Crippen LogP contribution in [0.4, 0.5) is 11.4 Å². The van der Waals surface area contributed by atoms with Crippen molar-refractivity contribution in [3.63, 3.8) is 0 Å². The van der Waals surface area contributed by atoms with Crippen molar-refractivity contribution in [2.45, 2.75) is 72.0 Å². The van der Waals surface area contributed by atoms with Gasteiger partial charge in [-0.15, -0.1) is 0 Å². The SMILES string of the molecule is Cc1cc(O)ccc1N.Cc1cc(O[Si](C(C)C)(C(C)C)C(C)C)ccc1N. The number of nitrogen functional groups attached to an aromatic ring is 2. The Labute approximate surface area is 172 Å². The number of hydrogen-bond acceptors (Lipinski definition) is 4. The molecule has 0 atom stereocenters. The minimum atomic E-state index is -1.85. The molecule has 2 aromatic carbocycles. The Kier molecular flexibility index (Phi) is 8.42. The zero-order valence-electron chi connectivity index (χ0n) is 18.7. The van der Waals surface area contributed by atoms with Crippen LogP contribution in [0.3, 0.4) is 0 Å². The van der Waals surface area contributed by atoms with Gasteiger partial charge in [-0.3, -0.25) is 0 Å². The Bertz CT molecular complexity index is 751. The number of hydrogen-bond donors (Lipinski definition) is 3. The summed E-state index contributed by atoms with van der Waals surface area (Å²) in [7, 11) is -1.85. The minimum absolute atomic E-state index is 0.265. The first-order valence-electron chi connectivity index (χ1n) is 10.0. The second-order valence-corrected chi connectivity index (χ2v) is 13.9. The van der Waals surface area contributed by atoms with E-state index < -0.39 is 8.32 Å². The fraction of sp³-hybridized carbons (Fsp3) is 0.478. The second-order valence-electron chi connectivity index (χ2n) is 8.48. The van der Waals surface area contributed by atoms with Crippen molar-refractivity contribution in [3.8, 4) is 11.5 Å². The molecule has 0 bridgehead atoms. The highest BCUT2D eigenvalue weighted by Crippen LogP contribution is 2.42. The van der Waals surface area contributed by atoms with Crippen molar-refractivity contribution < 1.29 is 9.53 Å². The molecule has 2 aromatic rings. The first-order chi connectivity index (χ1) is 12.9. The summed E-state index contributed by atoms with van der Waals surface area (Å²) in [4.78, 5) is 0. The van der Waals surface area contributed by atoms with Crippen molar-refractivity contribution >= 4 is 19.7 Å². The summed E-state index contributed by atoms with van der Waals surface area (Å²) in [5, 5.41) is 8.88. The Balaban J connectivity index is 0.000000362. The van der Waals surface area contributed by atoms with Gasteiger partial charge in [0.2, 0.25) is 0 Å². The topological polar surface area (TPSA) is 81.5 Å². The third-order valence-electron chi connectivity index (χ3n) is 5.50. The lowest BCUT2D eigenvalue weighted by Gasteiger charge is -2.42. The molecule has 0 aliphatic rings. The number of aryl methyl sites for hydroxylation is 2. The largest absolute Gasteiger partial charge is 0.543 e. The van der Waals surface area contributed by atoms with Gasteiger partial charge in [0, 0.05) is 11.4 Å². The summed E-state index contributed by atoms with van der Waals surface area (Å²) in [6, 6.07) is 10.9. The van der Waals surface area contributed by atoms with E-state index in [1.54, 1.807) is 18.2 Å². The molecule has 0 aliphatic heterocycles. The van der Waals surface area contributed by atoms with Gasteiger partial charge in [0.05, 0.1) is 0 Å². The first-order valence-corrected chi connectivity index (χ1v) is 12.2. The molecule has 4 nitrogen and oxygen atoms in total. The van der Waals surface area contributed by atoms with Gasteiger partial charge in [0.25, 0.3) is 8.32 Å². The molecule has 0 radical (unpaired) electrons. The van der Waals surface area contributed by atoms with Gasteiger partial charge >= 0.3 is 0 Å². The van der Waals surface area contributed by atoms with E-state index in [0.717, 1.165) is 22.6 Å². The molecule has 0 saturated carbocycles. The van der Waals surface area contributed by atoms with Crippen LogP contribution >= 0.6 is 0 Å². The maximum Gasteiger partial charge on any atom is 0.258 e. The van der Waals surface area contributed by atoms with Crippen molar-refractivity contribution in [3.05, 3.63) is 47.5 Å². The number of rotatable bonds is 5. The maximum atomic E-state index is 8.88. The molecular formula is C23H38N2O2Si. The fourth-order valence-corrected chi connectivity index (χ4v) is 9.17. The van der Waals surface area contributed by atoms with Crippen LogP contribution < -0.4 is 15.9 Å². The number of anilines is 2. The van der Waals surface area contributed by atoms with E-state index in [1.165, 1.54) is 0 Å². The molecule has 0 unspecified atom stereocenters. The molecule has 0 spiro atoms. The zero-order chi connectivity index (χ0) is 21.6. The molecule has 0 aliphatic carbocycles. The summed E-state index contributed by atoms with van der Waals surface area (Å²) in [6.45, 7) is 17.7. The smallest absolute Gasteiger partial charge is 0.258 e. The van der Waals surface area contributed by atoms with Crippen molar-refractivity contribution in [1.82, 2.24) is 0 Å². The van der Waals surface area contributed by atoms with Crippen LogP contribution in [0.15, 0.2) is 36.4 Å². The van der Waals surface area contributed by atoms with Gasteiger partial charge < -0.3 is 21.0 Å². The van der Waals surface area contributed by atoms with Crippen molar-refractivity contribution in [2.24, 2.45) is 0 Å². The summed E-state index contributed by atoms with van der Waals surface area (Å²) >= 11 is 0. The number of phenols is 1. The standard InChI is InChI=1S/C16H29NOSi.C7H9NO/c1-11(2)19(12(3)4,13(5)6)18-15-8-9-16(17)14(7)10-15;1-5-4-6(9)2-3-7(5)8/h8-13H,17H2,1-7H3;2-4,9H,8H2,1H3. The van der Waals surface area contributed by atoms with Gasteiger partial charge in [-0.1, -0.05) is 41.5 Å². The van der Waals surface area contributed by atoms with E-state index in [-0.39, 0.29) is 5.75 Å². The Morgan fingerprint density at radius 1 is 0.750 bits per heavy atom. The molecule has 2 rings (SSSR count). The third-order valence-corrected chi connectivity index (χ3v) is 11.5. The number of benzene rings is 2. The van der Waals surface area contributed by atoms with Gasteiger partial charge in [-0.05, 0) is 78.0 Å². The van der Waals surface area contributed by atoms with E-state index in [4.69, 9.17) is 21.0 Å². The highest BCUT2D eigenvalue weighted by atomic mass is 28.4. The van der Waals surface area contributed by atoms with Crippen LogP contribution in [-0.4, -0.2) is 13.4 Å². The fourth-order valence-electron chi connectivity index (χ4n) is 3.93. The molecule has 0 amide bonds. The van der Waals surface area contributed by atoms with E-state index in [2.05, 4.69) is 47.6 Å². The number of phenolic OH excluding ortho intramolecular Hbond substituents is 1. The maximum absolute atomic E-state index is 8.88. The van der Waals surface area contributed by atoms with E-state index in [0.29, 0.717) is 22.3 Å². The summed E-state index contributed by atoms with van der Waals surface area (Å²) in [5.74, 6) is 1.25. The average Bonchev–Trinajstić information content (AvgIpc) is 2.59. The zero-order valence-corrected chi connectivity index (χ0v) is 19.7. The van der Waals surface area contributed by atoms with Crippen molar-refractivity contribution in [1.29, 1.82) is 0 Å². The molecule has 5 heteroatoms. The lowest BCUT2D eigenvalue weighted by molar-refractivity contribution is 0.475. The molecular weight excluding hydrogens is 364 g/mol. The van der Waals surface area contributed by atoms with Crippen LogP contribution in [0.2, 0.25) is 16.6 Å². The third kappa shape index (κ3) is 5.68. The molecule has 0 fully saturated rings. The van der Waals surface area contributed by atoms with Gasteiger partial charge in [-0.2, -0.15) is 0 Å². The predicted molar refractivity (Wildman–Crippen MR) is 125 cm³/mol. The van der Waals surface area contributed by atoms with Crippen LogP contribution in [0, 0.1) is 13.8 Å². The molecule has 0 aromatic heterocycles. The highest BCUT2D eigenvalue weighted by Gasteiger charge is 2.46. The monoisotopic (exact) mass is 402 g/mol. The van der Waals surface area contributed by atoms with Crippen LogP contribution in [0.25, 0.3) is 0 Å². The quantitative estimate of drug-likeness (QED) is 0.306.